The van der Waals surface area contributed by atoms with E-state index < -0.39 is 26.5 Å². The van der Waals surface area contributed by atoms with Crippen LogP contribution in [0.15, 0.2) is 60.7 Å². The van der Waals surface area contributed by atoms with Crippen LogP contribution in [-0.2, 0) is 23.4 Å². The topological polar surface area (TPSA) is 46.2 Å². The molecule has 0 N–H and O–H groups in total. The maximum atomic E-state index is 7.40. The average molecular weight is 583 g/mol. The van der Waals surface area contributed by atoms with Crippen molar-refractivity contribution >= 4 is 41.3 Å². The van der Waals surface area contributed by atoms with Crippen LogP contribution in [0, 0.1) is 0 Å². The molecular weight excluding hydrogens is 547 g/mol. The van der Waals surface area contributed by atoms with Gasteiger partial charge in [-0.3, -0.25) is 0 Å². The number of methoxy groups -OCH3 is 1. The molecule has 2 fully saturated rings. The molecule has 2 saturated heterocycles. The first-order chi connectivity index (χ1) is 15.6. The highest BCUT2D eigenvalue weighted by molar-refractivity contribution is 14.1. The van der Waals surface area contributed by atoms with E-state index in [1.165, 1.54) is 10.4 Å². The third kappa shape index (κ3) is 4.70. The molecule has 0 bridgehead atoms. The fourth-order valence-corrected chi connectivity index (χ4v) is 10.5. The third-order valence-corrected chi connectivity index (χ3v) is 12.4. The Morgan fingerprint density at radius 2 is 1.42 bits per heavy atom. The van der Waals surface area contributed by atoms with E-state index in [1.54, 1.807) is 7.11 Å². The summed E-state index contributed by atoms with van der Waals surface area (Å²) in [6, 6.07) is 21.2. The quantitative estimate of drug-likeness (QED) is 0.290. The summed E-state index contributed by atoms with van der Waals surface area (Å²) in [4.78, 5) is 0. The van der Waals surface area contributed by atoms with Gasteiger partial charge in [0.05, 0.1) is 6.10 Å². The SMILES string of the molecule is CO[C@H]1O[C@H](CI)[C@@H]2OC(C)(C)O[C@@H]2[C@H]1O[Si](c1ccccc1)(c1ccccc1)C(C)(C)C. The van der Waals surface area contributed by atoms with Gasteiger partial charge in [-0.2, -0.15) is 0 Å². The van der Waals surface area contributed by atoms with Crippen molar-refractivity contribution in [1.82, 2.24) is 0 Å². The zero-order valence-electron chi connectivity index (χ0n) is 20.3. The predicted octanol–water partition coefficient (Wildman–Crippen LogP) is 4.26. The van der Waals surface area contributed by atoms with Gasteiger partial charge in [0.25, 0.3) is 8.32 Å². The molecule has 4 rings (SSSR count). The number of ether oxygens (including phenoxy) is 4. The minimum atomic E-state index is -2.83. The number of hydrogen-bond donors (Lipinski definition) is 0. The number of rotatable bonds is 6. The van der Waals surface area contributed by atoms with Crippen molar-refractivity contribution in [2.45, 2.75) is 76.1 Å². The first-order valence-corrected chi connectivity index (χ1v) is 14.9. The predicted molar refractivity (Wildman–Crippen MR) is 141 cm³/mol. The fourth-order valence-electron chi connectivity index (χ4n) is 5.17. The van der Waals surface area contributed by atoms with Crippen molar-refractivity contribution in [3.05, 3.63) is 60.7 Å². The van der Waals surface area contributed by atoms with E-state index in [-0.39, 0.29) is 23.4 Å². The van der Waals surface area contributed by atoms with Gasteiger partial charge in [0, 0.05) is 11.5 Å². The van der Waals surface area contributed by atoms with E-state index >= 15 is 0 Å². The number of benzene rings is 2. The highest BCUT2D eigenvalue weighted by Crippen LogP contribution is 2.44. The highest BCUT2D eigenvalue weighted by atomic mass is 127. The van der Waals surface area contributed by atoms with Crippen molar-refractivity contribution in [3.8, 4) is 0 Å². The lowest BCUT2D eigenvalue weighted by Crippen LogP contribution is -2.71. The number of alkyl halides is 1. The maximum absolute atomic E-state index is 7.40. The Kier molecular flexibility index (Phi) is 7.42. The molecule has 0 aliphatic carbocycles. The summed E-state index contributed by atoms with van der Waals surface area (Å²) in [6.07, 6.45) is -1.62. The molecule has 2 aliphatic heterocycles. The fraction of sp³-hybridized carbons (Fsp3) is 0.538. The molecule has 0 saturated carbocycles. The normalized spacial score (nSPS) is 29.6. The van der Waals surface area contributed by atoms with Gasteiger partial charge in [-0.15, -0.1) is 0 Å². The zero-order chi connectivity index (χ0) is 23.9. The van der Waals surface area contributed by atoms with Crippen LogP contribution in [0.3, 0.4) is 0 Å². The van der Waals surface area contributed by atoms with Gasteiger partial charge < -0.3 is 23.4 Å². The van der Waals surface area contributed by atoms with Gasteiger partial charge in [-0.25, -0.2) is 0 Å². The van der Waals surface area contributed by atoms with Crippen LogP contribution < -0.4 is 10.4 Å². The Hall–Kier alpha value is -0.813. The summed E-state index contributed by atoms with van der Waals surface area (Å²) >= 11 is 2.34. The van der Waals surface area contributed by atoms with E-state index in [1.807, 2.05) is 13.8 Å². The average Bonchev–Trinajstić information content (AvgIpc) is 3.12. The lowest BCUT2D eigenvalue weighted by atomic mass is 10.0. The number of hydrogen-bond acceptors (Lipinski definition) is 5. The maximum Gasteiger partial charge on any atom is 0.261 e. The molecule has 2 aromatic rings. The largest absolute Gasteiger partial charge is 0.396 e. The van der Waals surface area contributed by atoms with Crippen LogP contribution >= 0.6 is 22.6 Å². The number of fused-ring (bicyclic) bond motifs is 1. The first kappa shape index (κ1) is 25.3. The van der Waals surface area contributed by atoms with Gasteiger partial charge >= 0.3 is 0 Å². The number of halogens is 1. The molecule has 7 heteroatoms. The van der Waals surface area contributed by atoms with Gasteiger partial charge in [-0.05, 0) is 29.3 Å². The Labute approximate surface area is 212 Å². The van der Waals surface area contributed by atoms with Crippen LogP contribution in [0.5, 0.6) is 0 Å². The molecule has 2 heterocycles. The van der Waals surface area contributed by atoms with Crippen LogP contribution in [0.25, 0.3) is 0 Å². The molecular formula is C26H35IO5Si. The Morgan fingerprint density at radius 1 is 0.909 bits per heavy atom. The summed E-state index contributed by atoms with van der Waals surface area (Å²) < 4.78 is 33.2. The molecule has 0 spiro atoms. The van der Waals surface area contributed by atoms with Gasteiger partial charge in [0.15, 0.2) is 12.1 Å². The van der Waals surface area contributed by atoms with Crippen molar-refractivity contribution in [2.24, 2.45) is 0 Å². The molecule has 2 aliphatic rings. The minimum absolute atomic E-state index is 0.124. The Balaban J connectivity index is 1.86. The lowest BCUT2D eigenvalue weighted by molar-refractivity contribution is -0.259. The van der Waals surface area contributed by atoms with E-state index in [0.29, 0.717) is 0 Å². The van der Waals surface area contributed by atoms with E-state index in [4.69, 9.17) is 23.4 Å². The van der Waals surface area contributed by atoms with Crippen molar-refractivity contribution < 1.29 is 23.4 Å². The summed E-state index contributed by atoms with van der Waals surface area (Å²) in [5, 5.41) is 2.26. The Bertz CT molecular complexity index is 878. The second-order valence-corrected chi connectivity index (χ2v) is 15.4. The van der Waals surface area contributed by atoms with Gasteiger partial charge in [0.1, 0.15) is 18.3 Å². The van der Waals surface area contributed by atoms with Crippen molar-refractivity contribution in [1.29, 1.82) is 0 Å². The Morgan fingerprint density at radius 3 is 1.88 bits per heavy atom. The zero-order valence-corrected chi connectivity index (χ0v) is 23.4. The molecule has 2 aromatic carbocycles. The summed E-state index contributed by atoms with van der Waals surface area (Å²) in [6.45, 7) is 10.7. The highest BCUT2D eigenvalue weighted by Gasteiger charge is 2.60. The molecule has 0 aromatic heterocycles. The third-order valence-electron chi connectivity index (χ3n) is 6.55. The van der Waals surface area contributed by atoms with Crippen LogP contribution in [0.2, 0.25) is 5.04 Å². The summed E-state index contributed by atoms with van der Waals surface area (Å²) in [7, 11) is -1.15. The summed E-state index contributed by atoms with van der Waals surface area (Å²) in [5.74, 6) is -0.710. The standard InChI is InChI=1S/C26H35IO5Si/c1-25(2,3)33(18-13-9-7-10-14-18,19-15-11-8-12-16-19)32-23-22-21(30-26(4,5)31-22)20(17-27)29-24(23)28-6/h7-16,20-24H,17H2,1-6H3/t20-,21+,22+,23-,24+/m1/s1. The smallest absolute Gasteiger partial charge is 0.261 e. The second-order valence-electron chi connectivity index (χ2n) is 10.2. The second kappa shape index (κ2) is 9.68. The van der Waals surface area contributed by atoms with Crippen LogP contribution in [0.1, 0.15) is 34.6 Å². The molecule has 0 amide bonds. The molecule has 0 radical (unpaired) electrons. The van der Waals surface area contributed by atoms with Crippen LogP contribution in [-0.4, -0.2) is 56.3 Å². The van der Waals surface area contributed by atoms with E-state index in [2.05, 4.69) is 104 Å². The van der Waals surface area contributed by atoms with E-state index in [0.717, 1.165) is 4.43 Å². The minimum Gasteiger partial charge on any atom is -0.396 e. The molecule has 0 unspecified atom stereocenters. The molecule has 33 heavy (non-hydrogen) atoms. The molecule has 5 nitrogen and oxygen atoms in total. The lowest BCUT2D eigenvalue weighted by Gasteiger charge is -2.49. The van der Waals surface area contributed by atoms with Gasteiger partial charge in [0.2, 0.25) is 0 Å². The summed E-state index contributed by atoms with van der Waals surface area (Å²) in [5.41, 5.74) is 0. The van der Waals surface area contributed by atoms with Crippen molar-refractivity contribution in [3.63, 3.8) is 0 Å². The van der Waals surface area contributed by atoms with Crippen molar-refractivity contribution in [2.75, 3.05) is 11.5 Å². The first-order valence-electron chi connectivity index (χ1n) is 11.5. The monoisotopic (exact) mass is 582 g/mol. The van der Waals surface area contributed by atoms with E-state index in [9.17, 15) is 0 Å². The van der Waals surface area contributed by atoms with Crippen LogP contribution in [0.4, 0.5) is 0 Å². The molecule has 180 valence electrons. The van der Waals surface area contributed by atoms with Gasteiger partial charge in [-0.1, -0.05) is 104 Å². The molecule has 5 atom stereocenters.